The second-order valence-corrected chi connectivity index (χ2v) is 9.30. The van der Waals surface area contributed by atoms with Gasteiger partial charge in [0.2, 0.25) is 0 Å². The number of hydrogen-bond acceptors (Lipinski definition) is 3. The normalized spacial score (nSPS) is 11.6. The summed E-state index contributed by atoms with van der Waals surface area (Å²) in [6.07, 6.45) is 1.09. The smallest absolute Gasteiger partial charge is 0.175 e. The Kier molecular flexibility index (Phi) is 5.36. The van der Waals surface area contributed by atoms with E-state index in [4.69, 9.17) is 11.6 Å². The molecule has 1 aromatic heterocycles. The fourth-order valence-electron chi connectivity index (χ4n) is 3.15. The minimum Gasteiger partial charge on any atom is -0.232 e. The predicted octanol–water partition coefficient (Wildman–Crippen LogP) is 5.68. The fourth-order valence-corrected chi connectivity index (χ4v) is 3.90. The topological polar surface area (TPSA) is 52.0 Å². The van der Waals surface area contributed by atoms with E-state index in [1.165, 1.54) is 35.0 Å². The first-order valence-electron chi connectivity index (χ1n) is 8.95. The number of aromatic nitrogens is 2. The van der Waals surface area contributed by atoms with Gasteiger partial charge in [-0.05, 0) is 42.5 Å². The highest BCUT2D eigenvalue weighted by molar-refractivity contribution is 7.90. The maximum absolute atomic E-state index is 14.4. The van der Waals surface area contributed by atoms with Gasteiger partial charge in [-0.3, -0.25) is 0 Å². The molecule has 0 spiro atoms. The predicted molar refractivity (Wildman–Crippen MR) is 112 cm³/mol. The van der Waals surface area contributed by atoms with Crippen LogP contribution < -0.4 is 0 Å². The largest absolute Gasteiger partial charge is 0.232 e. The average molecular weight is 463 g/mol. The minimum absolute atomic E-state index is 0.0489. The molecule has 3 aromatic carbocycles. The Morgan fingerprint density at radius 2 is 1.45 bits per heavy atom. The van der Waals surface area contributed by atoms with Crippen LogP contribution in [0, 0.1) is 17.5 Å². The lowest BCUT2D eigenvalue weighted by Gasteiger charge is -2.08. The number of benzene rings is 3. The monoisotopic (exact) mass is 462 g/mol. The Hall–Kier alpha value is -3.10. The summed E-state index contributed by atoms with van der Waals surface area (Å²) in [4.78, 5) is 0.118. The van der Waals surface area contributed by atoms with Crippen LogP contribution in [0.3, 0.4) is 0 Å². The van der Waals surface area contributed by atoms with Gasteiger partial charge in [0, 0.05) is 29.0 Å². The first-order chi connectivity index (χ1) is 14.6. The third-order valence-electron chi connectivity index (χ3n) is 4.62. The van der Waals surface area contributed by atoms with E-state index in [2.05, 4.69) is 5.10 Å². The van der Waals surface area contributed by atoms with Gasteiger partial charge in [0.25, 0.3) is 0 Å². The van der Waals surface area contributed by atoms with E-state index in [-0.39, 0.29) is 10.6 Å². The van der Waals surface area contributed by atoms with Crippen molar-refractivity contribution in [1.29, 1.82) is 0 Å². The molecular weight excluding hydrogens is 449 g/mol. The van der Waals surface area contributed by atoms with Crippen molar-refractivity contribution in [2.45, 2.75) is 4.90 Å². The summed E-state index contributed by atoms with van der Waals surface area (Å²) in [5.74, 6) is -3.21. The minimum atomic E-state index is -3.40. The second kappa shape index (κ2) is 7.86. The van der Waals surface area contributed by atoms with Gasteiger partial charge in [0.1, 0.15) is 17.5 Å². The van der Waals surface area contributed by atoms with Crippen LogP contribution in [0.2, 0.25) is 5.02 Å². The summed E-state index contributed by atoms with van der Waals surface area (Å²) < 4.78 is 67.0. The molecule has 0 aliphatic heterocycles. The van der Waals surface area contributed by atoms with Crippen LogP contribution in [0.1, 0.15) is 0 Å². The van der Waals surface area contributed by atoms with E-state index in [1.807, 2.05) is 0 Å². The molecule has 0 N–H and O–H groups in total. The Bertz CT molecular complexity index is 1360. The number of nitrogens with zero attached hydrogens (tertiary/aromatic N) is 2. The van der Waals surface area contributed by atoms with Gasteiger partial charge in [0.15, 0.2) is 9.84 Å². The zero-order valence-electron chi connectivity index (χ0n) is 16.0. The molecule has 0 radical (unpaired) electrons. The van der Waals surface area contributed by atoms with E-state index in [0.717, 1.165) is 6.26 Å². The van der Waals surface area contributed by atoms with Crippen molar-refractivity contribution in [2.24, 2.45) is 0 Å². The van der Waals surface area contributed by atoms with Crippen molar-refractivity contribution >= 4 is 21.4 Å². The first-order valence-corrected chi connectivity index (χ1v) is 11.2. The van der Waals surface area contributed by atoms with Crippen molar-refractivity contribution in [3.63, 3.8) is 0 Å². The lowest BCUT2D eigenvalue weighted by Crippen LogP contribution is -2.02. The highest BCUT2D eigenvalue weighted by Gasteiger charge is 2.20. The zero-order valence-corrected chi connectivity index (χ0v) is 17.6. The Labute approximate surface area is 181 Å². The van der Waals surface area contributed by atoms with E-state index in [9.17, 15) is 21.6 Å². The van der Waals surface area contributed by atoms with Crippen LogP contribution in [0.25, 0.3) is 28.2 Å². The number of rotatable bonds is 4. The molecule has 0 atom stereocenters. The maximum atomic E-state index is 14.4. The summed E-state index contributed by atoms with van der Waals surface area (Å²) in [6.45, 7) is 0. The molecular formula is C22H14ClF3N2O2S. The fraction of sp³-hybridized carbons (Fsp3) is 0.0455. The van der Waals surface area contributed by atoms with Crippen LogP contribution in [0.5, 0.6) is 0 Å². The molecule has 9 heteroatoms. The SMILES string of the molecule is CS(=O)(=O)c1ccc(-n2nc(-c3c(F)cc(F)cc3F)cc2-c2ccc(Cl)cc2)cc1. The van der Waals surface area contributed by atoms with Crippen LogP contribution in [0.15, 0.2) is 71.6 Å². The molecule has 158 valence electrons. The third kappa shape index (κ3) is 4.22. The summed E-state index contributed by atoms with van der Waals surface area (Å²) in [7, 11) is -3.40. The highest BCUT2D eigenvalue weighted by atomic mass is 35.5. The van der Waals surface area contributed by atoms with Crippen molar-refractivity contribution in [3.8, 4) is 28.2 Å². The zero-order chi connectivity index (χ0) is 22.3. The summed E-state index contributed by atoms with van der Waals surface area (Å²) in [5, 5.41) is 4.83. The van der Waals surface area contributed by atoms with Crippen molar-refractivity contribution in [3.05, 3.63) is 89.2 Å². The molecule has 0 fully saturated rings. The summed E-state index contributed by atoms with van der Waals surface area (Å²) >= 11 is 5.96. The molecule has 0 saturated carbocycles. The van der Waals surface area contributed by atoms with E-state index in [1.54, 1.807) is 24.3 Å². The molecule has 0 bridgehead atoms. The molecule has 0 aliphatic rings. The van der Waals surface area contributed by atoms with Gasteiger partial charge in [0.05, 0.1) is 27.5 Å². The molecule has 4 nitrogen and oxygen atoms in total. The van der Waals surface area contributed by atoms with Gasteiger partial charge in [-0.2, -0.15) is 5.10 Å². The highest BCUT2D eigenvalue weighted by Crippen LogP contribution is 2.32. The Morgan fingerprint density at radius 1 is 0.871 bits per heavy atom. The lowest BCUT2D eigenvalue weighted by atomic mass is 10.1. The Morgan fingerprint density at radius 3 is 2.00 bits per heavy atom. The van der Waals surface area contributed by atoms with E-state index >= 15 is 0 Å². The second-order valence-electron chi connectivity index (χ2n) is 6.84. The standard InChI is InChI=1S/C22H14ClF3N2O2S/c1-31(29,30)17-8-6-16(7-9-17)28-21(13-2-4-14(23)5-3-13)12-20(27-28)22-18(25)10-15(24)11-19(22)26/h2-12H,1H3. The lowest BCUT2D eigenvalue weighted by molar-refractivity contribution is 0.547. The van der Waals surface area contributed by atoms with Crippen LogP contribution >= 0.6 is 11.6 Å². The molecule has 0 amide bonds. The third-order valence-corrected chi connectivity index (χ3v) is 6.00. The van der Waals surface area contributed by atoms with Gasteiger partial charge >= 0.3 is 0 Å². The van der Waals surface area contributed by atoms with Crippen LogP contribution in [-0.2, 0) is 9.84 Å². The molecule has 0 saturated heterocycles. The van der Waals surface area contributed by atoms with Crippen molar-refractivity contribution in [1.82, 2.24) is 9.78 Å². The molecule has 0 aliphatic carbocycles. The Balaban J connectivity index is 1.93. The molecule has 1 heterocycles. The number of sulfone groups is 1. The number of hydrogen-bond donors (Lipinski definition) is 0. The molecule has 0 unspecified atom stereocenters. The maximum Gasteiger partial charge on any atom is 0.175 e. The molecule has 4 aromatic rings. The number of halogens is 4. The van der Waals surface area contributed by atoms with E-state index in [0.29, 0.717) is 34.1 Å². The van der Waals surface area contributed by atoms with E-state index < -0.39 is 32.9 Å². The van der Waals surface area contributed by atoms with Crippen molar-refractivity contribution < 1.29 is 21.6 Å². The summed E-state index contributed by atoms with van der Waals surface area (Å²) in [6, 6.07) is 15.2. The summed E-state index contributed by atoms with van der Waals surface area (Å²) in [5.41, 5.74) is 1.07. The molecule has 4 rings (SSSR count). The van der Waals surface area contributed by atoms with Crippen molar-refractivity contribution in [2.75, 3.05) is 6.26 Å². The first kappa shape index (κ1) is 21.1. The van der Waals surface area contributed by atoms with Gasteiger partial charge < -0.3 is 0 Å². The molecule has 31 heavy (non-hydrogen) atoms. The van der Waals surface area contributed by atoms with Gasteiger partial charge in [-0.25, -0.2) is 26.3 Å². The van der Waals surface area contributed by atoms with Gasteiger partial charge in [-0.15, -0.1) is 0 Å². The van der Waals surface area contributed by atoms with Crippen LogP contribution in [0.4, 0.5) is 13.2 Å². The van der Waals surface area contributed by atoms with Crippen LogP contribution in [-0.4, -0.2) is 24.5 Å². The average Bonchev–Trinajstić information content (AvgIpc) is 3.12. The quantitative estimate of drug-likeness (QED) is 0.392. The van der Waals surface area contributed by atoms with Gasteiger partial charge in [-0.1, -0.05) is 23.7 Å².